The van der Waals surface area contributed by atoms with Gasteiger partial charge in [-0.2, -0.15) is 0 Å². The van der Waals surface area contributed by atoms with Gasteiger partial charge in [0.15, 0.2) is 11.6 Å². The molecule has 2 aliphatic rings. The van der Waals surface area contributed by atoms with Crippen molar-refractivity contribution in [1.82, 2.24) is 4.90 Å². The van der Waals surface area contributed by atoms with E-state index in [-0.39, 0.29) is 28.5 Å². The molecule has 4 N–H and O–H groups in total. The van der Waals surface area contributed by atoms with E-state index in [2.05, 4.69) is 48.9 Å². The molecule has 8 heteroatoms. The summed E-state index contributed by atoms with van der Waals surface area (Å²) in [4.78, 5) is 28.1. The van der Waals surface area contributed by atoms with E-state index in [1.54, 1.807) is 6.07 Å². The predicted octanol–water partition coefficient (Wildman–Crippen LogP) is 3.20. The van der Waals surface area contributed by atoms with E-state index in [0.717, 1.165) is 38.8 Å². The van der Waals surface area contributed by atoms with E-state index in [4.69, 9.17) is 10.8 Å². The Labute approximate surface area is 183 Å². The van der Waals surface area contributed by atoms with Crippen LogP contribution in [0.25, 0.3) is 0 Å². The zero-order valence-electron chi connectivity index (χ0n) is 18.6. The second kappa shape index (κ2) is 10.0. The zero-order valence-corrected chi connectivity index (χ0v) is 18.6. The number of ketones is 1. The highest BCUT2D eigenvalue weighted by molar-refractivity contribution is 6.13. The van der Waals surface area contributed by atoms with E-state index >= 15 is 4.39 Å². The van der Waals surface area contributed by atoms with Crippen LogP contribution in [0.2, 0.25) is 0 Å². The second-order valence-electron chi connectivity index (χ2n) is 8.83. The SMILES string of the molecule is C#C.CN1CCC(Nc2cc(N3CCCC3(C)C)c(C(=O)CC(=O)O)c(N)c2F)CC1. The molecule has 0 aliphatic carbocycles. The van der Waals surface area contributed by atoms with Gasteiger partial charge in [0.05, 0.1) is 22.6 Å². The molecule has 0 saturated carbocycles. The van der Waals surface area contributed by atoms with Crippen LogP contribution in [0.5, 0.6) is 0 Å². The van der Waals surface area contributed by atoms with Crippen molar-refractivity contribution < 1.29 is 19.1 Å². The Bertz CT molecular complexity index is 845. The molecular formula is C23H33FN4O3. The van der Waals surface area contributed by atoms with Gasteiger partial charge in [-0.05, 0) is 65.7 Å². The van der Waals surface area contributed by atoms with Gasteiger partial charge in [-0.3, -0.25) is 9.59 Å². The monoisotopic (exact) mass is 432 g/mol. The van der Waals surface area contributed by atoms with Gasteiger partial charge in [-0.1, -0.05) is 0 Å². The molecule has 0 radical (unpaired) electrons. The van der Waals surface area contributed by atoms with Crippen LogP contribution in [0.4, 0.5) is 21.5 Å². The predicted molar refractivity (Wildman–Crippen MR) is 122 cm³/mol. The molecule has 0 atom stereocenters. The quantitative estimate of drug-likeness (QED) is 0.275. The summed E-state index contributed by atoms with van der Waals surface area (Å²) >= 11 is 0. The Kier molecular flexibility index (Phi) is 7.91. The number of aliphatic carboxylic acids is 1. The number of Topliss-reactive ketones (excluding diaryl/α,β-unsaturated/α-hetero) is 1. The summed E-state index contributed by atoms with van der Waals surface area (Å²) in [6, 6.07) is 1.77. The molecule has 1 aromatic rings. The minimum atomic E-state index is -1.25. The van der Waals surface area contributed by atoms with Crippen molar-refractivity contribution in [2.45, 2.75) is 57.5 Å². The van der Waals surface area contributed by atoms with Crippen LogP contribution < -0.4 is 16.0 Å². The van der Waals surface area contributed by atoms with Crippen molar-refractivity contribution in [3.05, 3.63) is 17.4 Å². The number of nitrogens with zero attached hydrogens (tertiary/aromatic N) is 2. The molecular weight excluding hydrogens is 399 g/mol. The first-order valence-electron chi connectivity index (χ1n) is 10.5. The number of halogens is 1. The number of nitrogen functional groups attached to an aromatic ring is 1. The van der Waals surface area contributed by atoms with Crippen LogP contribution in [0.15, 0.2) is 6.07 Å². The number of carbonyl (C=O) groups excluding carboxylic acids is 1. The first kappa shape index (κ1) is 24.5. The summed E-state index contributed by atoms with van der Waals surface area (Å²) < 4.78 is 15.1. The van der Waals surface area contributed by atoms with Gasteiger partial charge in [0.2, 0.25) is 0 Å². The number of nitrogens with two attached hydrogens (primary N) is 1. The summed E-state index contributed by atoms with van der Waals surface area (Å²) in [5.41, 5.74) is 6.36. The normalized spacial score (nSPS) is 18.8. The van der Waals surface area contributed by atoms with Crippen molar-refractivity contribution in [3.8, 4) is 12.8 Å². The number of hydrogen-bond acceptors (Lipinski definition) is 6. The molecule has 2 fully saturated rings. The standard InChI is InChI=1S/C21H31FN4O3.C2H2/c1-21(2)7-4-8-26(21)15-11-14(24-13-5-9-25(3)10-6-13)19(22)20(23)18(15)16(27)12-17(28)29;1-2/h11,13,24H,4-10,12,23H2,1-3H3,(H,28,29);1-2H. The fourth-order valence-electron chi connectivity index (χ4n) is 4.43. The molecule has 2 heterocycles. The van der Waals surface area contributed by atoms with Crippen LogP contribution in [0.1, 0.15) is 56.3 Å². The number of terminal acetylenes is 1. The van der Waals surface area contributed by atoms with Crippen molar-refractivity contribution >= 4 is 28.8 Å². The molecule has 0 spiro atoms. The van der Waals surface area contributed by atoms with Gasteiger partial charge in [0.25, 0.3) is 0 Å². The highest BCUT2D eigenvalue weighted by Crippen LogP contribution is 2.41. The number of piperidine rings is 1. The number of anilines is 3. The van der Waals surface area contributed by atoms with E-state index in [1.807, 2.05) is 0 Å². The maximum Gasteiger partial charge on any atom is 0.311 e. The molecule has 1 aromatic carbocycles. The third kappa shape index (κ3) is 5.47. The second-order valence-corrected chi connectivity index (χ2v) is 8.83. The van der Waals surface area contributed by atoms with Gasteiger partial charge in [0.1, 0.15) is 6.42 Å². The molecule has 0 amide bonds. The van der Waals surface area contributed by atoms with Gasteiger partial charge < -0.3 is 26.0 Å². The highest BCUT2D eigenvalue weighted by atomic mass is 19.1. The molecule has 0 unspecified atom stereocenters. The lowest BCUT2D eigenvalue weighted by Gasteiger charge is -2.36. The topological polar surface area (TPSA) is 98.9 Å². The zero-order chi connectivity index (χ0) is 23.3. The van der Waals surface area contributed by atoms with Crippen molar-refractivity contribution in [2.24, 2.45) is 0 Å². The smallest absolute Gasteiger partial charge is 0.311 e. The minimum Gasteiger partial charge on any atom is -0.481 e. The largest absolute Gasteiger partial charge is 0.481 e. The van der Waals surface area contributed by atoms with Crippen molar-refractivity contribution in [3.63, 3.8) is 0 Å². The molecule has 7 nitrogen and oxygen atoms in total. The van der Waals surface area contributed by atoms with Gasteiger partial charge >= 0.3 is 5.97 Å². The number of rotatable bonds is 6. The number of benzene rings is 1. The lowest BCUT2D eigenvalue weighted by Crippen LogP contribution is -2.40. The fraction of sp³-hybridized carbons (Fsp3) is 0.565. The summed E-state index contributed by atoms with van der Waals surface area (Å²) in [5, 5.41) is 12.3. The molecule has 0 aromatic heterocycles. The van der Waals surface area contributed by atoms with Crippen LogP contribution in [-0.2, 0) is 4.79 Å². The summed E-state index contributed by atoms with van der Waals surface area (Å²) in [5.74, 6) is -2.61. The molecule has 2 aliphatic heterocycles. The third-order valence-electron chi connectivity index (χ3n) is 6.14. The number of carbonyl (C=O) groups is 2. The van der Waals surface area contributed by atoms with Crippen LogP contribution in [-0.4, -0.2) is 60.0 Å². The van der Waals surface area contributed by atoms with E-state index in [9.17, 15) is 9.59 Å². The fourth-order valence-corrected chi connectivity index (χ4v) is 4.43. The molecule has 31 heavy (non-hydrogen) atoms. The van der Waals surface area contributed by atoms with Crippen LogP contribution >= 0.6 is 0 Å². The van der Waals surface area contributed by atoms with E-state index in [0.29, 0.717) is 12.2 Å². The summed E-state index contributed by atoms with van der Waals surface area (Å²) in [7, 11) is 2.06. The Balaban J connectivity index is 0.00000166. The summed E-state index contributed by atoms with van der Waals surface area (Å²) in [6.45, 7) is 6.69. The maximum atomic E-state index is 15.1. The number of nitrogens with one attached hydrogen (secondary N) is 1. The highest BCUT2D eigenvalue weighted by Gasteiger charge is 2.36. The lowest BCUT2D eigenvalue weighted by atomic mass is 9.96. The number of hydrogen-bond donors (Lipinski definition) is 3. The lowest BCUT2D eigenvalue weighted by molar-refractivity contribution is -0.135. The Morgan fingerprint density at radius 2 is 1.90 bits per heavy atom. The van der Waals surface area contributed by atoms with Crippen LogP contribution in [0, 0.1) is 18.7 Å². The number of likely N-dealkylation sites (tertiary alicyclic amines) is 1. The van der Waals surface area contributed by atoms with Crippen LogP contribution in [0.3, 0.4) is 0 Å². The molecule has 2 saturated heterocycles. The van der Waals surface area contributed by atoms with Gasteiger partial charge in [-0.25, -0.2) is 4.39 Å². The Hall–Kier alpha value is -2.79. The van der Waals surface area contributed by atoms with E-state index < -0.39 is 24.0 Å². The molecule has 170 valence electrons. The first-order valence-corrected chi connectivity index (χ1v) is 10.5. The maximum absolute atomic E-state index is 15.1. The number of carboxylic acid groups (broad SMARTS) is 1. The Morgan fingerprint density at radius 1 is 1.29 bits per heavy atom. The minimum absolute atomic E-state index is 0.0196. The molecule has 0 bridgehead atoms. The van der Waals surface area contributed by atoms with Gasteiger partial charge in [-0.15, -0.1) is 12.8 Å². The Morgan fingerprint density at radius 3 is 2.42 bits per heavy atom. The summed E-state index contributed by atoms with van der Waals surface area (Å²) in [6.07, 6.45) is 10.9. The average molecular weight is 433 g/mol. The van der Waals surface area contributed by atoms with E-state index in [1.165, 1.54) is 0 Å². The molecule has 3 rings (SSSR count). The first-order chi connectivity index (χ1) is 14.6. The average Bonchev–Trinajstić information content (AvgIpc) is 3.06. The number of carboxylic acids is 1. The van der Waals surface area contributed by atoms with Crippen molar-refractivity contribution in [1.29, 1.82) is 0 Å². The van der Waals surface area contributed by atoms with Crippen molar-refractivity contribution in [2.75, 3.05) is 42.6 Å². The third-order valence-corrected chi connectivity index (χ3v) is 6.14. The van der Waals surface area contributed by atoms with Gasteiger partial charge in [0, 0.05) is 18.1 Å².